The van der Waals surface area contributed by atoms with Crippen LogP contribution < -0.4 is 4.74 Å². The molecule has 1 aromatic carbocycles. The highest BCUT2D eigenvalue weighted by atomic mass is 16.6. The van der Waals surface area contributed by atoms with Crippen LogP contribution in [0.15, 0.2) is 30.4 Å². The highest BCUT2D eigenvalue weighted by Crippen LogP contribution is 2.21. The van der Waals surface area contributed by atoms with Crippen LogP contribution in [0.25, 0.3) is 0 Å². The minimum atomic E-state index is -0.467. The normalized spacial score (nSPS) is 14.0. The smallest absolute Gasteiger partial charge is 0.306 e. The summed E-state index contributed by atoms with van der Waals surface area (Å²) in [5.41, 5.74) is 1.56. The Balaban J connectivity index is 1.76. The van der Waals surface area contributed by atoms with Gasteiger partial charge >= 0.3 is 5.97 Å². The molecule has 0 saturated heterocycles. The first-order valence-electron chi connectivity index (χ1n) is 9.13. The van der Waals surface area contributed by atoms with Crippen molar-refractivity contribution in [2.24, 2.45) is 0 Å². The minimum absolute atomic E-state index is 0.207. The zero-order valence-electron chi connectivity index (χ0n) is 16.4. The van der Waals surface area contributed by atoms with E-state index in [9.17, 15) is 14.4 Å². The molecule has 0 bridgehead atoms. The van der Waals surface area contributed by atoms with Crippen LogP contribution in [-0.4, -0.2) is 41.4 Å². The summed E-state index contributed by atoms with van der Waals surface area (Å²) in [6.07, 6.45) is 4.08. The Labute approximate surface area is 160 Å². The quantitative estimate of drug-likeness (QED) is 0.398. The van der Waals surface area contributed by atoms with E-state index in [-0.39, 0.29) is 17.8 Å². The first kappa shape index (κ1) is 20.7. The molecule has 1 aliphatic heterocycles. The van der Waals surface area contributed by atoms with Crippen LogP contribution in [0.2, 0.25) is 0 Å². The number of imide groups is 1. The van der Waals surface area contributed by atoms with Crippen molar-refractivity contribution in [2.75, 3.05) is 13.2 Å². The summed E-state index contributed by atoms with van der Waals surface area (Å²) in [7, 11) is 0. The molecule has 0 aliphatic carbocycles. The van der Waals surface area contributed by atoms with Crippen LogP contribution in [0, 0.1) is 6.92 Å². The number of nitrogens with zero attached hydrogens (tertiary/aromatic N) is 1. The van der Waals surface area contributed by atoms with E-state index in [0.29, 0.717) is 32.4 Å². The van der Waals surface area contributed by atoms with Crippen LogP contribution in [0.3, 0.4) is 0 Å². The van der Waals surface area contributed by atoms with Gasteiger partial charge in [-0.05, 0) is 57.7 Å². The van der Waals surface area contributed by atoms with Crippen LogP contribution in [0.5, 0.6) is 5.75 Å². The number of esters is 1. The highest BCUT2D eigenvalue weighted by molar-refractivity contribution is 6.12. The highest BCUT2D eigenvalue weighted by Gasteiger charge is 2.22. The Morgan fingerprint density at radius 2 is 1.78 bits per heavy atom. The molecule has 1 heterocycles. The van der Waals surface area contributed by atoms with Gasteiger partial charge in [-0.25, -0.2) is 0 Å². The van der Waals surface area contributed by atoms with E-state index >= 15 is 0 Å². The molecule has 146 valence electrons. The third kappa shape index (κ3) is 6.55. The molecule has 0 aromatic heterocycles. The molecule has 2 rings (SSSR count). The second kappa shape index (κ2) is 8.84. The van der Waals surface area contributed by atoms with Gasteiger partial charge in [0.15, 0.2) is 0 Å². The summed E-state index contributed by atoms with van der Waals surface area (Å²) < 4.78 is 11.1. The van der Waals surface area contributed by atoms with Gasteiger partial charge in [0.05, 0.1) is 6.61 Å². The molecule has 2 amide bonds. The predicted molar refractivity (Wildman–Crippen MR) is 101 cm³/mol. The Bertz CT molecular complexity index is 727. The van der Waals surface area contributed by atoms with Gasteiger partial charge in [0.2, 0.25) is 0 Å². The van der Waals surface area contributed by atoms with Crippen molar-refractivity contribution in [1.82, 2.24) is 4.90 Å². The van der Waals surface area contributed by atoms with E-state index < -0.39 is 5.60 Å². The zero-order valence-corrected chi connectivity index (χ0v) is 16.4. The molecular weight excluding hydrogens is 346 g/mol. The van der Waals surface area contributed by atoms with Gasteiger partial charge in [-0.2, -0.15) is 0 Å². The fraction of sp³-hybridized carbons (Fsp3) is 0.476. The zero-order chi connectivity index (χ0) is 20.0. The van der Waals surface area contributed by atoms with Crippen molar-refractivity contribution in [3.05, 3.63) is 41.5 Å². The molecule has 0 spiro atoms. The monoisotopic (exact) mass is 373 g/mol. The number of carbonyl (C=O) groups is 3. The lowest BCUT2D eigenvalue weighted by molar-refractivity contribution is -0.154. The number of aryl methyl sites for hydroxylation is 2. The van der Waals surface area contributed by atoms with Gasteiger partial charge < -0.3 is 9.47 Å². The lowest BCUT2D eigenvalue weighted by Gasteiger charge is -2.19. The number of rotatable bonds is 8. The van der Waals surface area contributed by atoms with E-state index in [2.05, 4.69) is 0 Å². The van der Waals surface area contributed by atoms with E-state index in [0.717, 1.165) is 16.9 Å². The maximum Gasteiger partial charge on any atom is 0.306 e. The summed E-state index contributed by atoms with van der Waals surface area (Å²) >= 11 is 0. The van der Waals surface area contributed by atoms with Crippen molar-refractivity contribution in [3.8, 4) is 5.75 Å². The second-order valence-corrected chi connectivity index (χ2v) is 7.55. The number of carbonyl (C=O) groups excluding carboxylic acids is 3. The first-order valence-corrected chi connectivity index (χ1v) is 9.13. The van der Waals surface area contributed by atoms with Crippen molar-refractivity contribution in [1.29, 1.82) is 0 Å². The maximum atomic E-state index is 11.8. The van der Waals surface area contributed by atoms with Gasteiger partial charge in [-0.1, -0.05) is 12.1 Å². The van der Waals surface area contributed by atoms with Crippen LogP contribution in [0.4, 0.5) is 0 Å². The summed E-state index contributed by atoms with van der Waals surface area (Å²) in [5.74, 6) is 0.00485. The fourth-order valence-corrected chi connectivity index (χ4v) is 2.72. The maximum absolute atomic E-state index is 11.8. The van der Waals surface area contributed by atoms with Gasteiger partial charge in [0.25, 0.3) is 11.8 Å². The lowest BCUT2D eigenvalue weighted by Crippen LogP contribution is -2.31. The molecule has 1 aromatic rings. The standard InChI is InChI=1S/C21H27NO5/c1-15-14-16(7-11-20(25)27-21(2,3)4)6-8-17(15)26-13-5-12-22-18(23)9-10-19(22)24/h6,8-10,14H,5,7,11-13H2,1-4H3. The minimum Gasteiger partial charge on any atom is -0.493 e. The van der Waals surface area contributed by atoms with Crippen molar-refractivity contribution >= 4 is 17.8 Å². The Morgan fingerprint density at radius 1 is 1.11 bits per heavy atom. The number of hydrogen-bond donors (Lipinski definition) is 0. The summed E-state index contributed by atoms with van der Waals surface area (Å²) in [6, 6.07) is 5.81. The summed E-state index contributed by atoms with van der Waals surface area (Å²) in [5, 5.41) is 0. The SMILES string of the molecule is Cc1cc(CCC(=O)OC(C)(C)C)ccc1OCCCN1C(=O)C=CC1=O. The van der Waals surface area contributed by atoms with E-state index in [1.807, 2.05) is 45.9 Å². The first-order chi connectivity index (χ1) is 12.7. The predicted octanol–water partition coefficient (Wildman–Crippen LogP) is 2.96. The molecule has 1 aliphatic rings. The summed E-state index contributed by atoms with van der Waals surface area (Å²) in [6.45, 7) is 8.27. The van der Waals surface area contributed by atoms with Gasteiger partial charge in [-0.15, -0.1) is 0 Å². The van der Waals surface area contributed by atoms with Crippen molar-refractivity contribution < 1.29 is 23.9 Å². The van der Waals surface area contributed by atoms with Gasteiger partial charge in [0, 0.05) is 25.1 Å². The molecular formula is C21H27NO5. The lowest BCUT2D eigenvalue weighted by atomic mass is 10.1. The van der Waals surface area contributed by atoms with Gasteiger partial charge in [-0.3, -0.25) is 19.3 Å². The van der Waals surface area contributed by atoms with Crippen molar-refractivity contribution in [2.45, 2.75) is 52.6 Å². The Hall–Kier alpha value is -2.63. The molecule has 0 unspecified atom stereocenters. The third-order valence-electron chi connectivity index (χ3n) is 3.96. The largest absolute Gasteiger partial charge is 0.493 e. The average Bonchev–Trinajstić information content (AvgIpc) is 2.88. The molecule has 0 atom stereocenters. The molecule has 0 N–H and O–H groups in total. The molecule has 0 saturated carbocycles. The fourth-order valence-electron chi connectivity index (χ4n) is 2.72. The molecule has 27 heavy (non-hydrogen) atoms. The molecule has 0 radical (unpaired) electrons. The summed E-state index contributed by atoms with van der Waals surface area (Å²) in [4.78, 5) is 36.0. The van der Waals surface area contributed by atoms with E-state index in [1.165, 1.54) is 17.1 Å². The molecule has 0 fully saturated rings. The topological polar surface area (TPSA) is 72.9 Å². The third-order valence-corrected chi connectivity index (χ3v) is 3.96. The van der Waals surface area contributed by atoms with Crippen LogP contribution >= 0.6 is 0 Å². The Morgan fingerprint density at radius 3 is 2.37 bits per heavy atom. The van der Waals surface area contributed by atoms with Crippen molar-refractivity contribution in [3.63, 3.8) is 0 Å². The molecule has 6 nitrogen and oxygen atoms in total. The van der Waals surface area contributed by atoms with E-state index in [4.69, 9.17) is 9.47 Å². The number of hydrogen-bond acceptors (Lipinski definition) is 5. The number of amides is 2. The Kier molecular flexibility index (Phi) is 6.77. The second-order valence-electron chi connectivity index (χ2n) is 7.55. The number of benzene rings is 1. The van der Waals surface area contributed by atoms with E-state index in [1.54, 1.807) is 0 Å². The van der Waals surface area contributed by atoms with Crippen LogP contribution in [-0.2, 0) is 25.5 Å². The van der Waals surface area contributed by atoms with Gasteiger partial charge in [0.1, 0.15) is 11.4 Å². The average molecular weight is 373 g/mol. The number of ether oxygens (including phenoxy) is 2. The van der Waals surface area contributed by atoms with Crippen LogP contribution in [0.1, 0.15) is 44.7 Å². The molecule has 6 heteroatoms.